The van der Waals surface area contributed by atoms with Crippen molar-refractivity contribution < 1.29 is 17.9 Å². The molecule has 158 valence electrons. The van der Waals surface area contributed by atoms with Gasteiger partial charge in [-0.3, -0.25) is 4.98 Å². The van der Waals surface area contributed by atoms with E-state index in [2.05, 4.69) is 35.7 Å². The molecule has 0 unspecified atom stereocenters. The molecule has 0 fully saturated rings. The molecule has 2 heterocycles. The molecule has 4 aromatic rings. The van der Waals surface area contributed by atoms with E-state index in [4.69, 9.17) is 4.74 Å². The highest BCUT2D eigenvalue weighted by Crippen LogP contribution is 2.37. The Morgan fingerprint density at radius 2 is 1.58 bits per heavy atom. The summed E-state index contributed by atoms with van der Waals surface area (Å²) in [6.45, 7) is 6.39. The molecule has 0 N–H and O–H groups in total. The molecule has 31 heavy (non-hydrogen) atoms. The zero-order valence-electron chi connectivity index (χ0n) is 17.2. The Kier molecular flexibility index (Phi) is 5.13. The number of nitrogens with zero attached hydrogens (tertiary/aromatic N) is 3. The normalized spacial score (nSPS) is 12.2. The molecule has 0 spiro atoms. The molecule has 2 aromatic carbocycles. The van der Waals surface area contributed by atoms with E-state index in [1.165, 1.54) is 24.2 Å². The molecule has 0 aliphatic carbocycles. The first-order chi connectivity index (χ1) is 14.6. The first-order valence-corrected chi connectivity index (χ1v) is 9.69. The third-order valence-electron chi connectivity index (χ3n) is 4.92. The quantitative estimate of drug-likeness (QED) is 0.364. The maximum absolute atomic E-state index is 13.4. The van der Waals surface area contributed by atoms with Crippen LogP contribution in [0.2, 0.25) is 0 Å². The largest absolute Gasteiger partial charge is 0.438 e. The molecule has 4 nitrogen and oxygen atoms in total. The second-order valence-corrected chi connectivity index (χ2v) is 8.18. The van der Waals surface area contributed by atoms with Crippen LogP contribution in [-0.2, 0) is 11.6 Å². The fraction of sp³-hybridized carbons (Fsp3) is 0.208. The summed E-state index contributed by atoms with van der Waals surface area (Å²) in [4.78, 5) is 12.4. The molecule has 0 amide bonds. The molecular formula is C24H20F3N3O. The van der Waals surface area contributed by atoms with E-state index in [-0.39, 0.29) is 11.1 Å². The van der Waals surface area contributed by atoms with Gasteiger partial charge in [0.25, 0.3) is 0 Å². The highest BCUT2D eigenvalue weighted by Gasteiger charge is 2.34. The van der Waals surface area contributed by atoms with Crippen LogP contribution in [0.4, 0.5) is 13.2 Å². The molecule has 0 aliphatic heterocycles. The third kappa shape index (κ3) is 4.35. The van der Waals surface area contributed by atoms with Gasteiger partial charge in [0.05, 0.1) is 22.2 Å². The monoisotopic (exact) mass is 423 g/mol. The minimum absolute atomic E-state index is 0.0251. The van der Waals surface area contributed by atoms with Crippen LogP contribution in [0.5, 0.6) is 11.6 Å². The minimum atomic E-state index is -4.50. The lowest BCUT2D eigenvalue weighted by molar-refractivity contribution is -0.137. The molecule has 0 radical (unpaired) electrons. The molecule has 2 aromatic heterocycles. The third-order valence-corrected chi connectivity index (χ3v) is 4.92. The first kappa shape index (κ1) is 20.8. The summed E-state index contributed by atoms with van der Waals surface area (Å²) in [5.41, 5.74) is 1.05. The highest BCUT2D eigenvalue weighted by atomic mass is 19.4. The van der Waals surface area contributed by atoms with Crippen molar-refractivity contribution in [3.63, 3.8) is 0 Å². The van der Waals surface area contributed by atoms with E-state index in [1.807, 2.05) is 24.3 Å². The average molecular weight is 423 g/mol. The second kappa shape index (κ2) is 7.65. The lowest BCUT2D eigenvalue weighted by Gasteiger charge is -2.19. The highest BCUT2D eigenvalue weighted by molar-refractivity contribution is 5.87. The van der Waals surface area contributed by atoms with Crippen molar-refractivity contribution in [3.8, 4) is 22.9 Å². The van der Waals surface area contributed by atoms with Crippen molar-refractivity contribution in [2.75, 3.05) is 0 Å². The van der Waals surface area contributed by atoms with E-state index in [0.717, 1.165) is 6.07 Å². The van der Waals surface area contributed by atoms with Gasteiger partial charge < -0.3 is 4.74 Å². The Hall–Kier alpha value is -3.48. The number of alkyl halides is 3. The fourth-order valence-corrected chi connectivity index (χ4v) is 3.26. The zero-order chi connectivity index (χ0) is 22.2. The lowest BCUT2D eigenvalue weighted by atomic mass is 9.87. The van der Waals surface area contributed by atoms with Crippen molar-refractivity contribution in [2.45, 2.75) is 32.4 Å². The van der Waals surface area contributed by atoms with Crippen molar-refractivity contribution in [1.82, 2.24) is 15.0 Å². The standard InChI is InChI=1S/C24H20F3N3O/c1-23(2,3)16-7-9-17(10-8-16)31-22-18-11-6-15(13-20(18)29-14-30-22)21-19(24(25,26)27)5-4-12-28-21/h4-14H,1-3H3. The van der Waals surface area contributed by atoms with Gasteiger partial charge >= 0.3 is 6.18 Å². The Labute approximate surface area is 177 Å². The molecule has 0 saturated carbocycles. The van der Waals surface area contributed by atoms with Gasteiger partial charge in [-0.1, -0.05) is 39.0 Å². The van der Waals surface area contributed by atoms with Crippen LogP contribution >= 0.6 is 0 Å². The van der Waals surface area contributed by atoms with Crippen LogP contribution in [0, 0.1) is 0 Å². The summed E-state index contributed by atoms with van der Waals surface area (Å²) in [7, 11) is 0. The van der Waals surface area contributed by atoms with Gasteiger partial charge in [-0.25, -0.2) is 9.97 Å². The van der Waals surface area contributed by atoms with Crippen LogP contribution < -0.4 is 4.74 Å². The summed E-state index contributed by atoms with van der Waals surface area (Å²) in [6.07, 6.45) is -1.84. The van der Waals surface area contributed by atoms with E-state index in [1.54, 1.807) is 18.2 Å². The van der Waals surface area contributed by atoms with Gasteiger partial charge in [-0.15, -0.1) is 0 Å². The number of halogens is 3. The summed E-state index contributed by atoms with van der Waals surface area (Å²) < 4.78 is 46.0. The number of fused-ring (bicyclic) bond motifs is 1. The molecule has 7 heteroatoms. The summed E-state index contributed by atoms with van der Waals surface area (Å²) >= 11 is 0. The Morgan fingerprint density at radius 3 is 2.26 bits per heavy atom. The van der Waals surface area contributed by atoms with Crippen LogP contribution in [-0.4, -0.2) is 15.0 Å². The van der Waals surface area contributed by atoms with Crippen molar-refractivity contribution >= 4 is 10.9 Å². The fourth-order valence-electron chi connectivity index (χ4n) is 3.26. The van der Waals surface area contributed by atoms with Gasteiger partial charge in [0, 0.05) is 11.8 Å². The predicted octanol–water partition coefficient (Wildman–Crippen LogP) is 6.80. The van der Waals surface area contributed by atoms with Gasteiger partial charge in [0.1, 0.15) is 12.1 Å². The number of hydrogen-bond acceptors (Lipinski definition) is 4. The number of benzene rings is 2. The minimum Gasteiger partial charge on any atom is -0.438 e. The Bertz CT molecular complexity index is 1230. The topological polar surface area (TPSA) is 47.9 Å². The summed E-state index contributed by atoms with van der Waals surface area (Å²) in [5.74, 6) is 0.943. The SMILES string of the molecule is CC(C)(C)c1ccc(Oc2ncnc3cc(-c4ncccc4C(F)(F)F)ccc23)cc1. The molecule has 0 saturated heterocycles. The lowest BCUT2D eigenvalue weighted by Crippen LogP contribution is -2.10. The first-order valence-electron chi connectivity index (χ1n) is 9.69. The maximum Gasteiger partial charge on any atom is 0.418 e. The van der Waals surface area contributed by atoms with Crippen LogP contribution in [0.1, 0.15) is 31.9 Å². The van der Waals surface area contributed by atoms with E-state index >= 15 is 0 Å². The van der Waals surface area contributed by atoms with E-state index in [9.17, 15) is 13.2 Å². The molecular weight excluding hydrogens is 403 g/mol. The van der Waals surface area contributed by atoms with Gasteiger partial charge in [0.15, 0.2) is 0 Å². The zero-order valence-corrected chi connectivity index (χ0v) is 17.2. The predicted molar refractivity (Wildman–Crippen MR) is 113 cm³/mol. The molecule has 0 atom stereocenters. The number of pyridine rings is 1. The number of aromatic nitrogens is 3. The second-order valence-electron chi connectivity index (χ2n) is 8.18. The van der Waals surface area contributed by atoms with Gasteiger partial charge in [-0.2, -0.15) is 13.2 Å². The summed E-state index contributed by atoms with van der Waals surface area (Å²) in [5, 5.41) is 0.593. The average Bonchev–Trinajstić information content (AvgIpc) is 2.73. The Balaban J connectivity index is 1.70. The van der Waals surface area contributed by atoms with Crippen molar-refractivity contribution in [2.24, 2.45) is 0 Å². The van der Waals surface area contributed by atoms with Crippen LogP contribution in [0.3, 0.4) is 0 Å². The van der Waals surface area contributed by atoms with Gasteiger partial charge in [0.2, 0.25) is 5.88 Å². The van der Waals surface area contributed by atoms with Crippen LogP contribution in [0.15, 0.2) is 67.1 Å². The smallest absolute Gasteiger partial charge is 0.418 e. The van der Waals surface area contributed by atoms with E-state index in [0.29, 0.717) is 28.1 Å². The van der Waals surface area contributed by atoms with E-state index < -0.39 is 11.7 Å². The maximum atomic E-state index is 13.4. The number of hydrogen-bond donors (Lipinski definition) is 0. The van der Waals surface area contributed by atoms with Crippen LogP contribution in [0.25, 0.3) is 22.2 Å². The van der Waals surface area contributed by atoms with Crippen molar-refractivity contribution in [1.29, 1.82) is 0 Å². The van der Waals surface area contributed by atoms with Crippen molar-refractivity contribution in [3.05, 3.63) is 78.2 Å². The Morgan fingerprint density at radius 1 is 0.839 bits per heavy atom. The number of ether oxygens (including phenoxy) is 1. The molecule has 0 bridgehead atoms. The number of rotatable bonds is 3. The molecule has 4 rings (SSSR count). The van der Waals surface area contributed by atoms with Gasteiger partial charge in [-0.05, 0) is 47.4 Å². The molecule has 0 aliphatic rings. The summed E-state index contributed by atoms with van der Waals surface area (Å²) in [6, 6.07) is 14.8.